The topological polar surface area (TPSA) is 167 Å². The molecule has 4 rings (SSSR count). The Balaban J connectivity index is 0.000000526. The molecule has 2 heterocycles. The number of carboxylic acid groups (broad SMARTS) is 1. The maximum Gasteiger partial charge on any atom is 0.394 e. The zero-order chi connectivity index (χ0) is 26.2. The van der Waals surface area contributed by atoms with Gasteiger partial charge in [0.2, 0.25) is 0 Å². The summed E-state index contributed by atoms with van der Waals surface area (Å²) in [7, 11) is 0. The van der Waals surface area contributed by atoms with Gasteiger partial charge in [-0.3, -0.25) is 0 Å². The van der Waals surface area contributed by atoms with Crippen LogP contribution in [0.2, 0.25) is 0 Å². The minimum absolute atomic E-state index is 0.113. The van der Waals surface area contributed by atoms with Crippen LogP contribution in [0.1, 0.15) is 38.4 Å². The number of carboxylic acids is 1. The minimum Gasteiger partial charge on any atom is -0.550 e. The van der Waals surface area contributed by atoms with Crippen LogP contribution in [0.4, 0.5) is 10.3 Å². The molecule has 0 aliphatic carbocycles. The number of nitrogen functional groups attached to an aromatic ring is 1. The summed E-state index contributed by atoms with van der Waals surface area (Å²) < 4.78 is 15.6. The Hall–Kier alpha value is -4.09. The van der Waals surface area contributed by atoms with Crippen molar-refractivity contribution in [2.75, 3.05) is 5.73 Å². The Morgan fingerprint density at radius 2 is 1.92 bits per heavy atom. The average molecular weight is 497 g/mol. The second kappa shape index (κ2) is 12.0. The van der Waals surface area contributed by atoms with Gasteiger partial charge in [0.05, 0.1) is 17.3 Å². The SMILES string of the molecule is CC(C)n1c(/C=C/[C@H](O)C[C@H](O)CC(=O)[O-])c(-c2ccc(F)cc2)c2ccccc21.Nc1nn[nH][nH+]1. The predicted octanol–water partition coefficient (Wildman–Crippen LogP) is 1.49. The number of nitrogens with zero attached hydrogens (tertiary/aromatic N) is 3. The number of aliphatic hydroxyl groups excluding tert-OH is 2. The number of halogens is 1. The van der Waals surface area contributed by atoms with E-state index in [2.05, 4.69) is 39.0 Å². The summed E-state index contributed by atoms with van der Waals surface area (Å²) in [5.74, 6) is -1.38. The van der Waals surface area contributed by atoms with E-state index >= 15 is 0 Å². The van der Waals surface area contributed by atoms with Crippen LogP contribution in [0.25, 0.3) is 28.1 Å². The van der Waals surface area contributed by atoms with E-state index in [9.17, 15) is 24.5 Å². The molecule has 190 valence electrons. The van der Waals surface area contributed by atoms with E-state index in [1.807, 2.05) is 24.3 Å². The molecule has 0 saturated heterocycles. The minimum atomic E-state index is -1.36. The van der Waals surface area contributed by atoms with Crippen LogP contribution in [-0.2, 0) is 4.79 Å². The molecule has 0 spiro atoms. The number of aromatic amines is 2. The van der Waals surface area contributed by atoms with Crippen LogP contribution >= 0.6 is 0 Å². The number of benzene rings is 2. The lowest BCUT2D eigenvalue weighted by Crippen LogP contribution is -2.29. The molecule has 11 heteroatoms. The van der Waals surface area contributed by atoms with Crippen molar-refractivity contribution in [3.05, 3.63) is 66.1 Å². The normalized spacial score (nSPS) is 13.1. The van der Waals surface area contributed by atoms with Gasteiger partial charge >= 0.3 is 5.95 Å². The fraction of sp³-hybridized carbons (Fsp3) is 0.280. The third-order valence-corrected chi connectivity index (χ3v) is 5.38. The van der Waals surface area contributed by atoms with Crippen molar-refractivity contribution in [1.29, 1.82) is 0 Å². The lowest BCUT2D eigenvalue weighted by Gasteiger charge is -2.15. The van der Waals surface area contributed by atoms with E-state index in [0.717, 1.165) is 27.7 Å². The lowest BCUT2D eigenvalue weighted by molar-refractivity contribution is -0.440. The molecule has 2 atom stereocenters. The number of anilines is 1. The maximum atomic E-state index is 13.5. The number of nitrogens with one attached hydrogen (secondary N) is 2. The molecular weight excluding hydrogens is 467 g/mol. The maximum absolute atomic E-state index is 13.5. The molecule has 2 aromatic carbocycles. The van der Waals surface area contributed by atoms with Crippen LogP contribution in [0.5, 0.6) is 0 Å². The number of H-pyrrole nitrogens is 2. The van der Waals surface area contributed by atoms with Gasteiger partial charge in [0.15, 0.2) is 0 Å². The number of aliphatic carboxylic acids is 1. The number of aromatic nitrogens is 5. The van der Waals surface area contributed by atoms with E-state index in [4.69, 9.17) is 5.73 Å². The third kappa shape index (κ3) is 6.74. The third-order valence-electron chi connectivity index (χ3n) is 5.38. The van der Waals surface area contributed by atoms with Gasteiger partial charge < -0.3 is 30.4 Å². The smallest absolute Gasteiger partial charge is 0.394 e. The largest absolute Gasteiger partial charge is 0.550 e. The Morgan fingerprint density at radius 1 is 1.22 bits per heavy atom. The van der Waals surface area contributed by atoms with E-state index in [1.165, 1.54) is 12.1 Å². The molecule has 0 saturated carbocycles. The predicted molar refractivity (Wildman–Crippen MR) is 130 cm³/mol. The average Bonchev–Trinajstić information content (AvgIpc) is 3.42. The van der Waals surface area contributed by atoms with Crippen LogP contribution in [0.3, 0.4) is 0 Å². The highest BCUT2D eigenvalue weighted by Gasteiger charge is 2.19. The number of tetrazole rings is 1. The first-order valence-corrected chi connectivity index (χ1v) is 11.3. The van der Waals surface area contributed by atoms with Crippen molar-refractivity contribution in [2.45, 2.75) is 44.9 Å². The molecule has 4 aromatic rings. The summed E-state index contributed by atoms with van der Waals surface area (Å²) in [4.78, 5) is 10.6. The van der Waals surface area contributed by atoms with Crippen LogP contribution in [-0.4, -0.2) is 48.5 Å². The van der Waals surface area contributed by atoms with Crippen molar-refractivity contribution in [3.63, 3.8) is 0 Å². The van der Waals surface area contributed by atoms with Gasteiger partial charge in [-0.1, -0.05) is 36.4 Å². The van der Waals surface area contributed by atoms with Crippen LogP contribution in [0.15, 0.2) is 54.6 Å². The Labute approximate surface area is 206 Å². The zero-order valence-corrected chi connectivity index (χ0v) is 19.9. The molecular formula is C25H29FN6O4. The first-order valence-electron chi connectivity index (χ1n) is 11.3. The summed E-state index contributed by atoms with van der Waals surface area (Å²) in [6.45, 7) is 4.11. The molecule has 0 aliphatic rings. The second-order valence-corrected chi connectivity index (χ2v) is 8.46. The van der Waals surface area contributed by atoms with Crippen LogP contribution < -0.4 is 15.9 Å². The van der Waals surface area contributed by atoms with E-state index in [0.29, 0.717) is 5.95 Å². The van der Waals surface area contributed by atoms with Crippen molar-refractivity contribution in [1.82, 2.24) is 20.1 Å². The summed E-state index contributed by atoms with van der Waals surface area (Å²) >= 11 is 0. The first-order chi connectivity index (χ1) is 17.2. The van der Waals surface area contributed by atoms with E-state index in [-0.39, 0.29) is 18.3 Å². The Kier molecular flexibility index (Phi) is 8.87. The molecule has 0 unspecified atom stereocenters. The highest BCUT2D eigenvalue weighted by atomic mass is 19.1. The molecule has 10 nitrogen and oxygen atoms in total. The second-order valence-electron chi connectivity index (χ2n) is 8.46. The van der Waals surface area contributed by atoms with Crippen molar-refractivity contribution in [3.8, 4) is 11.1 Å². The molecule has 0 aliphatic heterocycles. The number of hydrogen-bond donors (Lipinski definition) is 4. The number of nitrogens with two attached hydrogens (primary N) is 1. The number of fused-ring (bicyclic) bond motifs is 1. The fourth-order valence-corrected chi connectivity index (χ4v) is 3.94. The summed E-state index contributed by atoms with van der Waals surface area (Å²) in [6.07, 6.45) is 0.450. The summed E-state index contributed by atoms with van der Waals surface area (Å²) in [6, 6.07) is 14.3. The molecule has 36 heavy (non-hydrogen) atoms. The Bertz CT molecular complexity index is 1300. The molecule has 0 amide bonds. The first kappa shape index (κ1) is 26.5. The van der Waals surface area contributed by atoms with Crippen LogP contribution in [0, 0.1) is 5.82 Å². The van der Waals surface area contributed by atoms with Gasteiger partial charge in [0.25, 0.3) is 0 Å². The number of hydrogen-bond acceptors (Lipinski definition) is 7. The number of carbonyl (C=O) groups is 1. The van der Waals surface area contributed by atoms with Crippen molar-refractivity contribution >= 4 is 28.9 Å². The van der Waals surface area contributed by atoms with E-state index < -0.39 is 24.6 Å². The molecule has 0 bridgehead atoms. The standard InChI is InChI=1S/C24H26FNO4.CH3N5/c1-15(2)26-21-6-4-3-5-20(21)24(16-7-9-17(25)10-8-16)22(26)12-11-18(27)13-19(28)14-23(29)30;2-1-3-5-6-4-1/h3-12,15,18-19,27-28H,13-14H2,1-2H3,(H,29,30);(H3,2,3,4,5,6)/b12-11+;/t18-,19-;/m0./s1. The van der Waals surface area contributed by atoms with Gasteiger partial charge in [-0.25, -0.2) is 4.39 Å². The lowest BCUT2D eigenvalue weighted by atomic mass is 10.0. The van der Waals surface area contributed by atoms with Gasteiger partial charge in [-0.2, -0.15) is 5.10 Å². The van der Waals surface area contributed by atoms with Crippen molar-refractivity contribution < 1.29 is 29.6 Å². The molecule has 0 radical (unpaired) electrons. The number of para-hydroxylation sites is 1. The van der Waals surface area contributed by atoms with E-state index in [1.54, 1.807) is 24.3 Å². The quantitative estimate of drug-likeness (QED) is 0.287. The van der Waals surface area contributed by atoms with Crippen molar-refractivity contribution in [2.24, 2.45) is 0 Å². The number of rotatable bonds is 8. The zero-order valence-electron chi connectivity index (χ0n) is 19.9. The Morgan fingerprint density at radius 3 is 2.47 bits per heavy atom. The number of carbonyl (C=O) groups excluding carboxylic acids is 1. The van der Waals surface area contributed by atoms with Gasteiger partial charge in [-0.15, -0.1) is 5.21 Å². The molecule has 2 aromatic heterocycles. The van der Waals surface area contributed by atoms with Gasteiger partial charge in [0.1, 0.15) is 11.0 Å². The molecule has 0 fully saturated rings. The molecule has 6 N–H and O–H groups in total. The highest BCUT2D eigenvalue weighted by Crippen LogP contribution is 2.38. The van der Waals surface area contributed by atoms with Gasteiger partial charge in [0, 0.05) is 47.0 Å². The summed E-state index contributed by atoms with van der Waals surface area (Å²) in [5, 5.41) is 43.0. The summed E-state index contributed by atoms with van der Waals surface area (Å²) in [5.41, 5.74) is 8.63. The fourth-order valence-electron chi connectivity index (χ4n) is 3.94. The van der Waals surface area contributed by atoms with Gasteiger partial charge in [-0.05, 0) is 43.7 Å². The highest BCUT2D eigenvalue weighted by molar-refractivity contribution is 6.01. The monoisotopic (exact) mass is 496 g/mol. The number of aliphatic hydroxyl groups is 2.